The van der Waals surface area contributed by atoms with E-state index in [9.17, 15) is 22.7 Å². The first-order valence-corrected chi connectivity index (χ1v) is 8.04. The number of benzene rings is 1. The van der Waals surface area contributed by atoms with Crippen molar-refractivity contribution in [2.24, 2.45) is 0 Å². The number of methoxy groups -OCH3 is 1. The van der Waals surface area contributed by atoms with Gasteiger partial charge in [0, 0.05) is 12.5 Å². The third-order valence-electron chi connectivity index (χ3n) is 3.95. The van der Waals surface area contributed by atoms with Crippen LogP contribution in [0.5, 0.6) is 11.6 Å². The number of aromatic hydroxyl groups is 1. The molecule has 138 valence electrons. The maximum Gasteiger partial charge on any atom is 0.356 e. The van der Waals surface area contributed by atoms with E-state index in [1.54, 1.807) is 0 Å². The minimum absolute atomic E-state index is 0.0323. The van der Waals surface area contributed by atoms with E-state index in [0.717, 1.165) is 6.42 Å². The van der Waals surface area contributed by atoms with E-state index in [1.807, 2.05) is 6.92 Å². The predicted molar refractivity (Wildman–Crippen MR) is 85.4 cm³/mol. The van der Waals surface area contributed by atoms with Gasteiger partial charge in [0.25, 0.3) is 0 Å². The lowest BCUT2D eigenvalue weighted by molar-refractivity contribution is -0.222. The van der Waals surface area contributed by atoms with Crippen molar-refractivity contribution >= 4 is 11.0 Å². The van der Waals surface area contributed by atoms with Crippen molar-refractivity contribution in [1.29, 1.82) is 0 Å². The van der Waals surface area contributed by atoms with Crippen LogP contribution >= 0.6 is 0 Å². The van der Waals surface area contributed by atoms with E-state index < -0.39 is 29.8 Å². The van der Waals surface area contributed by atoms with E-state index in [1.165, 1.54) is 25.3 Å². The van der Waals surface area contributed by atoms with Crippen molar-refractivity contribution in [3.8, 4) is 11.6 Å². The van der Waals surface area contributed by atoms with Crippen LogP contribution in [0.4, 0.5) is 17.6 Å². The molecule has 0 atom stereocenters. The number of aromatic nitrogens is 2. The van der Waals surface area contributed by atoms with Crippen LogP contribution < -0.4 is 4.74 Å². The monoisotopic (exact) mass is 360 g/mol. The Labute approximate surface area is 142 Å². The standard InChI is InChI=1S/C17H20F4N2O2/c1-3-4-5-6-9-16(18,19)17(20,21)14-15(24)23-13-10-11(25-2)7-8-12(13)22-14/h7-8,10H,3-6,9H2,1-2H3,(H,23,24). The normalized spacial score (nSPS) is 12.6. The lowest BCUT2D eigenvalue weighted by Gasteiger charge is -2.26. The Kier molecular flexibility index (Phi) is 5.69. The number of halogens is 4. The van der Waals surface area contributed by atoms with Crippen molar-refractivity contribution in [3.63, 3.8) is 0 Å². The Bertz CT molecular complexity index is 738. The molecule has 0 radical (unpaired) electrons. The van der Waals surface area contributed by atoms with Gasteiger partial charge in [0.05, 0.1) is 18.1 Å². The quantitative estimate of drug-likeness (QED) is 0.529. The molecule has 0 saturated carbocycles. The summed E-state index contributed by atoms with van der Waals surface area (Å²) in [4.78, 5) is 7.11. The second-order valence-electron chi connectivity index (χ2n) is 5.84. The van der Waals surface area contributed by atoms with E-state index in [4.69, 9.17) is 4.74 Å². The molecule has 1 heterocycles. The fourth-order valence-corrected chi connectivity index (χ4v) is 2.47. The van der Waals surface area contributed by atoms with Crippen molar-refractivity contribution in [2.75, 3.05) is 7.11 Å². The van der Waals surface area contributed by atoms with Gasteiger partial charge in [0.1, 0.15) is 5.75 Å². The Hall–Kier alpha value is -2.12. The number of ether oxygens (including phenoxy) is 1. The lowest BCUT2D eigenvalue weighted by Crippen LogP contribution is -2.39. The zero-order valence-corrected chi connectivity index (χ0v) is 14.0. The van der Waals surface area contributed by atoms with Crippen LogP contribution in [0.15, 0.2) is 18.2 Å². The summed E-state index contributed by atoms with van der Waals surface area (Å²) in [6, 6.07) is 4.13. The highest BCUT2D eigenvalue weighted by molar-refractivity contribution is 5.76. The summed E-state index contributed by atoms with van der Waals surface area (Å²) in [5, 5.41) is 9.75. The van der Waals surface area contributed by atoms with Crippen LogP contribution in [-0.4, -0.2) is 28.1 Å². The van der Waals surface area contributed by atoms with Gasteiger partial charge in [-0.25, -0.2) is 9.97 Å². The van der Waals surface area contributed by atoms with E-state index in [2.05, 4.69) is 9.97 Å². The summed E-state index contributed by atoms with van der Waals surface area (Å²) >= 11 is 0. The highest BCUT2D eigenvalue weighted by Crippen LogP contribution is 2.47. The van der Waals surface area contributed by atoms with Crippen LogP contribution in [0.25, 0.3) is 11.0 Å². The van der Waals surface area contributed by atoms with Gasteiger partial charge in [-0.3, -0.25) is 0 Å². The van der Waals surface area contributed by atoms with Gasteiger partial charge in [-0.2, -0.15) is 17.6 Å². The van der Waals surface area contributed by atoms with Gasteiger partial charge in [-0.05, 0) is 18.6 Å². The van der Waals surface area contributed by atoms with Crippen molar-refractivity contribution in [1.82, 2.24) is 9.97 Å². The SMILES string of the molecule is CCCCCCC(F)(F)C(F)(F)c1nc2ccc(OC)cc2nc1O. The van der Waals surface area contributed by atoms with Gasteiger partial charge >= 0.3 is 11.8 Å². The number of unbranched alkanes of at least 4 members (excludes halogenated alkanes) is 3. The fraction of sp³-hybridized carbons (Fsp3) is 0.529. The fourth-order valence-electron chi connectivity index (χ4n) is 2.47. The molecule has 0 spiro atoms. The number of hydrogen-bond acceptors (Lipinski definition) is 4. The molecular weight excluding hydrogens is 340 g/mol. The zero-order chi connectivity index (χ0) is 18.7. The van der Waals surface area contributed by atoms with Crippen LogP contribution in [0, 0.1) is 0 Å². The molecular formula is C17H20F4N2O2. The van der Waals surface area contributed by atoms with E-state index in [0.29, 0.717) is 18.6 Å². The van der Waals surface area contributed by atoms with Gasteiger partial charge < -0.3 is 9.84 Å². The molecule has 1 aromatic carbocycles. The molecule has 0 saturated heterocycles. The molecule has 0 aliphatic rings. The van der Waals surface area contributed by atoms with E-state index in [-0.39, 0.29) is 17.5 Å². The minimum Gasteiger partial charge on any atom is -0.497 e. The van der Waals surface area contributed by atoms with Crippen LogP contribution in [-0.2, 0) is 5.92 Å². The molecule has 0 fully saturated rings. The Morgan fingerprint density at radius 2 is 1.76 bits per heavy atom. The Morgan fingerprint density at radius 3 is 2.40 bits per heavy atom. The summed E-state index contributed by atoms with van der Waals surface area (Å²) < 4.78 is 61.8. The topological polar surface area (TPSA) is 55.2 Å². The van der Waals surface area contributed by atoms with Crippen molar-refractivity contribution < 1.29 is 27.4 Å². The average Bonchev–Trinajstić information content (AvgIpc) is 2.57. The molecule has 2 aromatic rings. The average molecular weight is 360 g/mol. The number of fused-ring (bicyclic) bond motifs is 1. The summed E-state index contributed by atoms with van der Waals surface area (Å²) in [7, 11) is 1.40. The summed E-state index contributed by atoms with van der Waals surface area (Å²) in [6.07, 6.45) is 0.932. The Balaban J connectivity index is 2.35. The third kappa shape index (κ3) is 3.93. The molecule has 0 bridgehead atoms. The molecule has 2 rings (SSSR count). The first-order chi connectivity index (χ1) is 11.7. The number of hydrogen-bond donors (Lipinski definition) is 1. The summed E-state index contributed by atoms with van der Waals surface area (Å²) in [5.41, 5.74) is -1.37. The third-order valence-corrected chi connectivity index (χ3v) is 3.95. The van der Waals surface area contributed by atoms with Crippen LogP contribution in [0.3, 0.4) is 0 Å². The second-order valence-corrected chi connectivity index (χ2v) is 5.84. The predicted octanol–water partition coefficient (Wildman–Crippen LogP) is 5.04. The van der Waals surface area contributed by atoms with Gasteiger partial charge in [-0.1, -0.05) is 26.2 Å². The molecule has 8 heteroatoms. The van der Waals surface area contributed by atoms with Gasteiger partial charge in [-0.15, -0.1) is 0 Å². The number of rotatable bonds is 8. The minimum atomic E-state index is -4.62. The summed E-state index contributed by atoms with van der Waals surface area (Å²) in [6.45, 7) is 1.89. The lowest BCUT2D eigenvalue weighted by atomic mass is 10.0. The molecule has 1 aromatic heterocycles. The molecule has 0 aliphatic heterocycles. The largest absolute Gasteiger partial charge is 0.497 e. The first kappa shape index (κ1) is 19.2. The Morgan fingerprint density at radius 1 is 1.04 bits per heavy atom. The van der Waals surface area contributed by atoms with E-state index >= 15 is 0 Å². The van der Waals surface area contributed by atoms with Gasteiger partial charge in [0.15, 0.2) is 5.69 Å². The molecule has 0 amide bonds. The smallest absolute Gasteiger partial charge is 0.356 e. The molecule has 0 unspecified atom stereocenters. The van der Waals surface area contributed by atoms with Crippen LogP contribution in [0.2, 0.25) is 0 Å². The number of nitrogens with zero attached hydrogens (tertiary/aromatic N) is 2. The highest BCUT2D eigenvalue weighted by atomic mass is 19.3. The first-order valence-electron chi connectivity index (χ1n) is 8.04. The summed E-state index contributed by atoms with van der Waals surface area (Å²) in [5.74, 6) is -9.78. The number of alkyl halides is 4. The molecule has 1 N–H and O–H groups in total. The zero-order valence-electron chi connectivity index (χ0n) is 14.0. The molecule has 4 nitrogen and oxygen atoms in total. The van der Waals surface area contributed by atoms with Crippen molar-refractivity contribution in [2.45, 2.75) is 50.9 Å². The maximum atomic E-state index is 14.3. The maximum absolute atomic E-state index is 14.3. The highest BCUT2D eigenvalue weighted by Gasteiger charge is 2.59. The van der Waals surface area contributed by atoms with Gasteiger partial charge in [0.2, 0.25) is 5.88 Å². The second kappa shape index (κ2) is 7.41. The molecule has 25 heavy (non-hydrogen) atoms. The van der Waals surface area contributed by atoms with Crippen LogP contribution in [0.1, 0.15) is 44.7 Å². The molecule has 0 aliphatic carbocycles. The van der Waals surface area contributed by atoms with Crippen molar-refractivity contribution in [3.05, 3.63) is 23.9 Å².